The number of rotatable bonds is 3. The van der Waals surface area contributed by atoms with E-state index in [2.05, 4.69) is 0 Å². The molecule has 1 rings (SSSR count). The van der Waals surface area contributed by atoms with Gasteiger partial charge in [-0.15, -0.1) is 11.3 Å². The van der Waals surface area contributed by atoms with Gasteiger partial charge in [0.05, 0.1) is 4.92 Å². The molecular formula is C9H11NO2S. The van der Waals surface area contributed by atoms with Gasteiger partial charge in [0.25, 0.3) is 0 Å². The van der Waals surface area contributed by atoms with Crippen LogP contribution in [0.2, 0.25) is 0 Å². The van der Waals surface area contributed by atoms with Gasteiger partial charge < -0.3 is 0 Å². The Hall–Kier alpha value is -1.16. The van der Waals surface area contributed by atoms with E-state index < -0.39 is 0 Å². The Morgan fingerprint density at radius 3 is 2.85 bits per heavy atom. The van der Waals surface area contributed by atoms with Crippen LogP contribution in [0.15, 0.2) is 17.1 Å². The molecule has 0 bridgehead atoms. The van der Waals surface area contributed by atoms with E-state index in [0.717, 1.165) is 10.4 Å². The highest BCUT2D eigenvalue weighted by molar-refractivity contribution is 7.11. The molecule has 1 aromatic rings. The first-order valence-corrected chi connectivity index (χ1v) is 4.92. The fourth-order valence-electron chi connectivity index (χ4n) is 0.968. The zero-order chi connectivity index (χ0) is 9.84. The highest BCUT2D eigenvalue weighted by atomic mass is 32.1. The Labute approximate surface area is 80.9 Å². The van der Waals surface area contributed by atoms with Crippen LogP contribution in [0.25, 0.3) is 6.08 Å². The molecule has 0 N–H and O–H groups in total. The maximum absolute atomic E-state index is 10.5. The highest BCUT2D eigenvalue weighted by Crippen LogP contribution is 2.20. The zero-order valence-corrected chi connectivity index (χ0v) is 8.43. The molecule has 0 aliphatic rings. The molecule has 1 aromatic heterocycles. The molecular weight excluding hydrogens is 186 g/mol. The Balaban J connectivity index is 2.98. The van der Waals surface area contributed by atoms with E-state index in [-0.39, 0.29) is 10.6 Å². The van der Waals surface area contributed by atoms with Gasteiger partial charge in [-0.1, -0.05) is 6.92 Å². The Bertz CT molecular complexity index is 341. The van der Waals surface area contributed by atoms with Gasteiger partial charge in [-0.3, -0.25) is 10.1 Å². The summed E-state index contributed by atoms with van der Waals surface area (Å²) in [6.45, 7) is 3.74. The van der Waals surface area contributed by atoms with Crippen LogP contribution in [0.1, 0.15) is 23.8 Å². The smallest absolute Gasteiger partial charge is 0.247 e. The van der Waals surface area contributed by atoms with E-state index in [1.54, 1.807) is 13.0 Å². The van der Waals surface area contributed by atoms with Crippen LogP contribution in [0.3, 0.4) is 0 Å². The Morgan fingerprint density at radius 2 is 2.46 bits per heavy atom. The van der Waals surface area contributed by atoms with Crippen molar-refractivity contribution < 1.29 is 4.92 Å². The van der Waals surface area contributed by atoms with E-state index in [1.807, 2.05) is 18.4 Å². The second-order valence-electron chi connectivity index (χ2n) is 2.71. The van der Waals surface area contributed by atoms with Crippen LogP contribution in [0.5, 0.6) is 0 Å². The van der Waals surface area contributed by atoms with Gasteiger partial charge in [-0.25, -0.2) is 0 Å². The lowest BCUT2D eigenvalue weighted by Gasteiger charge is -1.93. The molecule has 0 amide bonds. The summed E-state index contributed by atoms with van der Waals surface area (Å²) in [7, 11) is 0. The number of thiophene rings is 1. The quantitative estimate of drug-likeness (QED) is 0.552. The monoisotopic (exact) mass is 197 g/mol. The number of aryl methyl sites for hydroxylation is 1. The fraction of sp³-hybridized carbons (Fsp3) is 0.333. The van der Waals surface area contributed by atoms with Crippen LogP contribution in [0.4, 0.5) is 0 Å². The normalized spacial score (nSPS) is 11.7. The average molecular weight is 197 g/mol. The minimum Gasteiger partial charge on any atom is -0.259 e. The van der Waals surface area contributed by atoms with Crippen LogP contribution in [-0.4, -0.2) is 4.92 Å². The summed E-state index contributed by atoms with van der Waals surface area (Å²) in [5.74, 6) is 0. The molecule has 13 heavy (non-hydrogen) atoms. The Morgan fingerprint density at radius 1 is 1.77 bits per heavy atom. The molecule has 1 heterocycles. The van der Waals surface area contributed by atoms with Crippen molar-refractivity contribution in [3.63, 3.8) is 0 Å². The van der Waals surface area contributed by atoms with E-state index in [9.17, 15) is 10.1 Å². The largest absolute Gasteiger partial charge is 0.259 e. The first-order valence-electron chi connectivity index (χ1n) is 4.04. The first-order chi connectivity index (χ1) is 6.15. The second-order valence-corrected chi connectivity index (χ2v) is 3.66. The molecule has 0 atom stereocenters. The van der Waals surface area contributed by atoms with Crippen molar-refractivity contribution in [2.75, 3.05) is 0 Å². The van der Waals surface area contributed by atoms with Crippen molar-refractivity contribution in [2.45, 2.75) is 20.3 Å². The zero-order valence-electron chi connectivity index (χ0n) is 7.61. The molecule has 0 spiro atoms. The van der Waals surface area contributed by atoms with Gasteiger partial charge in [-0.05, 0) is 23.9 Å². The maximum atomic E-state index is 10.5. The summed E-state index contributed by atoms with van der Waals surface area (Å²) in [4.78, 5) is 11.2. The molecule has 0 radical (unpaired) electrons. The maximum Gasteiger partial charge on any atom is 0.247 e. The van der Waals surface area contributed by atoms with E-state index in [1.165, 1.54) is 11.3 Å². The number of hydrogen-bond donors (Lipinski definition) is 0. The Kier molecular flexibility index (Phi) is 3.19. The van der Waals surface area contributed by atoms with Gasteiger partial charge in [0.2, 0.25) is 5.70 Å². The van der Waals surface area contributed by atoms with Crippen molar-refractivity contribution in [1.29, 1.82) is 0 Å². The number of hydrogen-bond acceptors (Lipinski definition) is 3. The van der Waals surface area contributed by atoms with Crippen molar-refractivity contribution in [3.05, 3.63) is 37.7 Å². The van der Waals surface area contributed by atoms with Crippen LogP contribution in [0, 0.1) is 17.0 Å². The fourth-order valence-corrected chi connectivity index (χ4v) is 1.84. The van der Waals surface area contributed by atoms with E-state index >= 15 is 0 Å². The number of nitrogens with zero attached hydrogens (tertiary/aromatic N) is 1. The van der Waals surface area contributed by atoms with Crippen LogP contribution < -0.4 is 0 Å². The van der Waals surface area contributed by atoms with Crippen molar-refractivity contribution in [2.24, 2.45) is 0 Å². The summed E-state index contributed by atoms with van der Waals surface area (Å²) in [6, 6.07) is 1.96. The van der Waals surface area contributed by atoms with Crippen molar-refractivity contribution in [3.8, 4) is 0 Å². The molecule has 0 saturated carbocycles. The molecule has 0 fully saturated rings. The van der Waals surface area contributed by atoms with Gasteiger partial charge in [0.15, 0.2) is 0 Å². The minimum atomic E-state index is -0.320. The SMILES string of the molecule is CC/C(=C/c1sccc1C)[N+](=O)[O-]. The van der Waals surface area contributed by atoms with Gasteiger partial charge in [0, 0.05) is 17.4 Å². The first kappa shape index (κ1) is 9.92. The summed E-state index contributed by atoms with van der Waals surface area (Å²) in [5.41, 5.74) is 1.36. The third-order valence-electron chi connectivity index (χ3n) is 1.80. The third-order valence-corrected chi connectivity index (χ3v) is 2.76. The standard InChI is InChI=1S/C9H11NO2S/c1-3-8(10(11)12)6-9-7(2)4-5-13-9/h4-6H,3H2,1-2H3/b8-6-. The average Bonchev–Trinajstić information content (AvgIpc) is 2.46. The molecule has 0 unspecified atom stereocenters. The predicted octanol–water partition coefficient (Wildman–Crippen LogP) is 3.08. The molecule has 3 nitrogen and oxygen atoms in total. The van der Waals surface area contributed by atoms with Crippen LogP contribution >= 0.6 is 11.3 Å². The van der Waals surface area contributed by atoms with Gasteiger partial charge in [0.1, 0.15) is 0 Å². The lowest BCUT2D eigenvalue weighted by atomic mass is 10.2. The van der Waals surface area contributed by atoms with E-state index in [4.69, 9.17) is 0 Å². The van der Waals surface area contributed by atoms with E-state index in [0.29, 0.717) is 6.42 Å². The minimum absolute atomic E-state index is 0.269. The van der Waals surface area contributed by atoms with Gasteiger partial charge in [-0.2, -0.15) is 0 Å². The molecule has 0 aliphatic carbocycles. The lowest BCUT2D eigenvalue weighted by molar-refractivity contribution is -0.425. The van der Waals surface area contributed by atoms with Crippen molar-refractivity contribution in [1.82, 2.24) is 0 Å². The third kappa shape index (κ3) is 2.39. The molecule has 0 aromatic carbocycles. The topological polar surface area (TPSA) is 43.1 Å². The lowest BCUT2D eigenvalue weighted by Crippen LogP contribution is -1.96. The van der Waals surface area contributed by atoms with Crippen LogP contribution in [-0.2, 0) is 0 Å². The highest BCUT2D eigenvalue weighted by Gasteiger charge is 2.08. The summed E-state index contributed by atoms with van der Waals surface area (Å²) in [6.07, 6.45) is 2.12. The molecule has 0 aliphatic heterocycles. The summed E-state index contributed by atoms with van der Waals surface area (Å²) >= 11 is 1.53. The number of nitro groups is 1. The van der Waals surface area contributed by atoms with Gasteiger partial charge >= 0.3 is 0 Å². The molecule has 70 valence electrons. The second kappa shape index (κ2) is 4.18. The molecule has 0 saturated heterocycles. The summed E-state index contributed by atoms with van der Waals surface area (Å²) in [5, 5.41) is 12.4. The summed E-state index contributed by atoms with van der Waals surface area (Å²) < 4.78 is 0. The number of allylic oxidation sites excluding steroid dienone is 1. The predicted molar refractivity (Wildman–Crippen MR) is 54.3 cm³/mol. The molecule has 4 heteroatoms. The van der Waals surface area contributed by atoms with Crippen molar-refractivity contribution >= 4 is 17.4 Å².